The lowest BCUT2D eigenvalue weighted by molar-refractivity contribution is 0.0941. The smallest absolute Gasteiger partial charge is 0.252 e. The molecule has 0 spiro atoms. The molecule has 34 heavy (non-hydrogen) atoms. The van der Waals surface area contributed by atoms with Crippen LogP contribution in [0.4, 0.5) is 0 Å². The fraction of sp³-hybridized carbons (Fsp3) is 0.481. The minimum Gasteiger partial charge on any atom is -0.338 e. The molecule has 7 heteroatoms. The molecule has 0 radical (unpaired) electrons. The van der Waals surface area contributed by atoms with Gasteiger partial charge in [-0.1, -0.05) is 113 Å². The summed E-state index contributed by atoms with van der Waals surface area (Å²) >= 11 is 6.06. The van der Waals surface area contributed by atoms with E-state index in [9.17, 15) is 4.79 Å². The fourth-order valence-electron chi connectivity index (χ4n) is 3.99. The van der Waals surface area contributed by atoms with Crippen molar-refractivity contribution in [1.82, 2.24) is 25.5 Å². The van der Waals surface area contributed by atoms with Gasteiger partial charge in [0.25, 0.3) is 5.91 Å². The normalized spacial score (nSPS) is 11.9. The Morgan fingerprint density at radius 2 is 1.59 bits per heavy atom. The second kappa shape index (κ2) is 14.5. The van der Waals surface area contributed by atoms with Gasteiger partial charge in [0, 0.05) is 10.6 Å². The predicted molar refractivity (Wildman–Crippen MR) is 137 cm³/mol. The van der Waals surface area contributed by atoms with Gasteiger partial charge in [0.05, 0.1) is 6.54 Å². The van der Waals surface area contributed by atoms with Crippen LogP contribution in [-0.4, -0.2) is 26.1 Å². The number of hydrogen-bond donors (Lipinski definition) is 1. The standard InChI is InChI=1S/C27H36ClN5O/c1-2-3-4-5-6-7-8-9-10-14-20-33-31-26(30-32-33)25(22-16-12-11-13-17-22)29-27(34)23-18-15-19-24(28)21-23/h11-13,15-19,21,25H,2-10,14,20H2,1H3,(H,29,34). The van der Waals surface area contributed by atoms with E-state index in [1.54, 1.807) is 29.1 Å². The van der Waals surface area contributed by atoms with Gasteiger partial charge in [0.15, 0.2) is 0 Å². The van der Waals surface area contributed by atoms with E-state index in [2.05, 4.69) is 27.7 Å². The van der Waals surface area contributed by atoms with Crippen molar-refractivity contribution in [3.05, 3.63) is 76.6 Å². The molecule has 3 rings (SSSR count). The quantitative estimate of drug-likeness (QED) is 0.243. The number of benzene rings is 2. The average molecular weight is 482 g/mol. The van der Waals surface area contributed by atoms with Gasteiger partial charge in [-0.05, 0) is 35.4 Å². The topological polar surface area (TPSA) is 72.7 Å². The van der Waals surface area contributed by atoms with Gasteiger partial charge < -0.3 is 5.32 Å². The van der Waals surface area contributed by atoms with Crippen LogP contribution in [-0.2, 0) is 6.54 Å². The highest BCUT2D eigenvalue weighted by atomic mass is 35.5. The number of hydrogen-bond acceptors (Lipinski definition) is 4. The van der Waals surface area contributed by atoms with Crippen molar-refractivity contribution in [2.24, 2.45) is 0 Å². The first-order valence-corrected chi connectivity index (χ1v) is 12.9. The number of amides is 1. The fourth-order valence-corrected chi connectivity index (χ4v) is 4.18. The Morgan fingerprint density at radius 1 is 0.912 bits per heavy atom. The Hall–Kier alpha value is -2.73. The number of rotatable bonds is 15. The van der Waals surface area contributed by atoms with E-state index < -0.39 is 6.04 Å². The average Bonchev–Trinajstić information content (AvgIpc) is 3.32. The van der Waals surface area contributed by atoms with Crippen molar-refractivity contribution in [3.63, 3.8) is 0 Å². The van der Waals surface area contributed by atoms with Crippen LogP contribution in [0.3, 0.4) is 0 Å². The third-order valence-electron chi connectivity index (χ3n) is 5.93. The summed E-state index contributed by atoms with van der Waals surface area (Å²) in [6.45, 7) is 2.99. The molecule has 1 N–H and O–H groups in total. The largest absolute Gasteiger partial charge is 0.338 e. The molecule has 1 aromatic heterocycles. The van der Waals surface area contributed by atoms with Crippen molar-refractivity contribution >= 4 is 17.5 Å². The zero-order chi connectivity index (χ0) is 24.0. The van der Waals surface area contributed by atoms with E-state index in [4.69, 9.17) is 11.6 Å². The molecule has 0 aliphatic carbocycles. The first-order chi connectivity index (χ1) is 16.7. The Labute approximate surface area is 208 Å². The van der Waals surface area contributed by atoms with Crippen molar-refractivity contribution < 1.29 is 4.79 Å². The van der Waals surface area contributed by atoms with Crippen LogP contribution in [0.1, 0.15) is 98.9 Å². The van der Waals surface area contributed by atoms with Gasteiger partial charge in [-0.15, -0.1) is 10.2 Å². The molecule has 3 aromatic rings. The first kappa shape index (κ1) is 25.9. The van der Waals surface area contributed by atoms with Crippen molar-refractivity contribution in [2.45, 2.75) is 83.7 Å². The van der Waals surface area contributed by atoms with Crippen molar-refractivity contribution in [3.8, 4) is 0 Å². The number of nitrogens with one attached hydrogen (secondary N) is 1. The van der Waals surface area contributed by atoms with Crippen LogP contribution in [0.2, 0.25) is 5.02 Å². The number of aryl methyl sites for hydroxylation is 1. The summed E-state index contributed by atoms with van der Waals surface area (Å²) in [5, 5.41) is 16.6. The zero-order valence-electron chi connectivity index (χ0n) is 20.1. The molecule has 0 fully saturated rings. The van der Waals surface area contributed by atoms with Gasteiger partial charge in [-0.2, -0.15) is 4.80 Å². The highest BCUT2D eigenvalue weighted by molar-refractivity contribution is 6.30. The molecule has 6 nitrogen and oxygen atoms in total. The van der Waals surface area contributed by atoms with Gasteiger partial charge in [-0.3, -0.25) is 4.79 Å². The third-order valence-corrected chi connectivity index (χ3v) is 6.17. The number of unbranched alkanes of at least 4 members (excludes halogenated alkanes) is 9. The zero-order valence-corrected chi connectivity index (χ0v) is 20.9. The molecule has 1 heterocycles. The molecule has 0 aliphatic rings. The van der Waals surface area contributed by atoms with E-state index in [0.29, 0.717) is 16.4 Å². The van der Waals surface area contributed by atoms with Gasteiger partial charge in [0.2, 0.25) is 5.82 Å². The summed E-state index contributed by atoms with van der Waals surface area (Å²) in [6, 6.07) is 16.1. The summed E-state index contributed by atoms with van der Waals surface area (Å²) in [6.07, 6.45) is 12.8. The molecular weight excluding hydrogens is 446 g/mol. The van der Waals surface area contributed by atoms with Crippen LogP contribution >= 0.6 is 11.6 Å². The summed E-state index contributed by atoms with van der Waals surface area (Å²) in [5.41, 5.74) is 1.39. The monoisotopic (exact) mass is 481 g/mol. The Morgan fingerprint density at radius 3 is 2.26 bits per heavy atom. The number of aromatic nitrogens is 4. The number of carbonyl (C=O) groups is 1. The second-order valence-electron chi connectivity index (χ2n) is 8.75. The second-order valence-corrected chi connectivity index (χ2v) is 9.19. The van der Waals surface area contributed by atoms with Crippen molar-refractivity contribution in [1.29, 1.82) is 0 Å². The van der Waals surface area contributed by atoms with Gasteiger partial charge in [-0.25, -0.2) is 0 Å². The highest BCUT2D eigenvalue weighted by Gasteiger charge is 2.22. The van der Waals surface area contributed by atoms with Crippen LogP contribution in [0.15, 0.2) is 54.6 Å². The van der Waals surface area contributed by atoms with Crippen LogP contribution in [0, 0.1) is 0 Å². The lowest BCUT2D eigenvalue weighted by atomic mass is 10.1. The van der Waals surface area contributed by atoms with Crippen molar-refractivity contribution in [2.75, 3.05) is 0 Å². The minimum atomic E-state index is -0.492. The Bertz CT molecular complexity index is 991. The first-order valence-electron chi connectivity index (χ1n) is 12.6. The summed E-state index contributed by atoms with van der Waals surface area (Å²) in [7, 11) is 0. The molecule has 0 saturated heterocycles. The minimum absolute atomic E-state index is 0.234. The molecule has 1 amide bonds. The van der Waals surface area contributed by atoms with Gasteiger partial charge >= 0.3 is 0 Å². The van der Waals surface area contributed by atoms with Crippen LogP contribution in [0.25, 0.3) is 0 Å². The molecular formula is C27H36ClN5O. The maximum absolute atomic E-state index is 12.9. The van der Waals surface area contributed by atoms with E-state index in [1.165, 1.54) is 57.8 Å². The molecule has 1 unspecified atom stereocenters. The maximum atomic E-state index is 12.9. The Kier molecular flexibility index (Phi) is 11.0. The number of halogens is 1. The lowest BCUT2D eigenvalue weighted by Crippen LogP contribution is -2.30. The van der Waals surface area contributed by atoms with Crippen LogP contribution in [0.5, 0.6) is 0 Å². The molecule has 0 bridgehead atoms. The Balaban J connectivity index is 1.51. The number of tetrazole rings is 1. The van der Waals surface area contributed by atoms with E-state index in [-0.39, 0.29) is 5.91 Å². The van der Waals surface area contributed by atoms with Crippen LogP contribution < -0.4 is 5.32 Å². The lowest BCUT2D eigenvalue weighted by Gasteiger charge is -2.16. The summed E-state index contributed by atoms with van der Waals surface area (Å²) in [5.74, 6) is 0.246. The molecule has 182 valence electrons. The summed E-state index contributed by atoms with van der Waals surface area (Å²) in [4.78, 5) is 14.5. The van der Waals surface area contributed by atoms with E-state index in [0.717, 1.165) is 18.5 Å². The van der Waals surface area contributed by atoms with E-state index >= 15 is 0 Å². The molecule has 0 saturated carbocycles. The summed E-state index contributed by atoms with van der Waals surface area (Å²) < 4.78 is 0. The predicted octanol–water partition coefficient (Wildman–Crippen LogP) is 6.77. The maximum Gasteiger partial charge on any atom is 0.252 e. The highest BCUT2D eigenvalue weighted by Crippen LogP contribution is 2.20. The molecule has 1 atom stereocenters. The molecule has 0 aliphatic heterocycles. The number of nitrogens with zero attached hydrogens (tertiary/aromatic N) is 4. The molecule has 2 aromatic carbocycles. The number of carbonyl (C=O) groups excluding carboxylic acids is 1. The van der Waals surface area contributed by atoms with E-state index in [1.807, 2.05) is 30.3 Å². The van der Waals surface area contributed by atoms with Gasteiger partial charge in [0.1, 0.15) is 6.04 Å². The third kappa shape index (κ3) is 8.56. The SMILES string of the molecule is CCCCCCCCCCCCn1nnc(C(NC(=O)c2cccc(Cl)c2)c2ccccc2)n1.